The van der Waals surface area contributed by atoms with Crippen LogP contribution in [0.15, 0.2) is 35.1 Å². The van der Waals surface area contributed by atoms with Crippen molar-refractivity contribution in [3.8, 4) is 11.4 Å². The van der Waals surface area contributed by atoms with Crippen LogP contribution in [0, 0.1) is 0 Å². The van der Waals surface area contributed by atoms with Gasteiger partial charge in [-0.1, -0.05) is 25.4 Å². The summed E-state index contributed by atoms with van der Waals surface area (Å²) < 4.78 is 0.848. The Balaban J connectivity index is 2.15. The molecule has 0 aliphatic carbocycles. The topological polar surface area (TPSA) is 37.8 Å². The molecule has 0 aliphatic rings. The predicted molar refractivity (Wildman–Crippen MR) is 82.2 cm³/mol. The van der Waals surface area contributed by atoms with Crippen LogP contribution in [-0.4, -0.2) is 16.0 Å². The third-order valence-corrected chi connectivity index (χ3v) is 3.81. The molecule has 0 spiro atoms. The van der Waals surface area contributed by atoms with E-state index in [2.05, 4.69) is 45.1 Å². The number of rotatable bonds is 4. The Kier molecular flexibility index (Phi) is 4.91. The summed E-state index contributed by atoms with van der Waals surface area (Å²) in [4.78, 5) is 8.77. The number of nitrogens with zero attached hydrogens (tertiary/aromatic N) is 2. The van der Waals surface area contributed by atoms with E-state index < -0.39 is 0 Å². The molecule has 100 valence electrons. The Labute approximate surface area is 126 Å². The highest BCUT2D eigenvalue weighted by molar-refractivity contribution is 9.10. The molecule has 1 aromatic heterocycles. The lowest BCUT2D eigenvalue weighted by Gasteiger charge is -2.08. The first-order chi connectivity index (χ1) is 9.06. The van der Waals surface area contributed by atoms with Crippen LogP contribution >= 0.6 is 27.5 Å². The first kappa shape index (κ1) is 14.4. The zero-order chi connectivity index (χ0) is 13.8. The van der Waals surface area contributed by atoms with E-state index in [9.17, 15) is 0 Å². The maximum absolute atomic E-state index is 5.97. The van der Waals surface area contributed by atoms with Crippen molar-refractivity contribution in [3.63, 3.8) is 0 Å². The van der Waals surface area contributed by atoms with Crippen LogP contribution in [0.1, 0.15) is 19.4 Å². The fraction of sp³-hybridized carbons (Fsp3) is 0.286. The van der Waals surface area contributed by atoms with Gasteiger partial charge in [-0.25, -0.2) is 9.97 Å². The molecule has 0 saturated carbocycles. The molecule has 0 unspecified atom stereocenters. The zero-order valence-electron chi connectivity index (χ0n) is 10.8. The standard InChI is InChI=1S/C14H15BrClN3/c1-9(2)17-6-10-7-18-14(19-8-10)11-3-4-13(16)12(15)5-11/h3-5,7-9,17H,6H2,1-2H3. The molecule has 2 aromatic rings. The lowest BCUT2D eigenvalue weighted by molar-refractivity contribution is 0.587. The minimum Gasteiger partial charge on any atom is -0.310 e. The number of nitrogens with one attached hydrogen (secondary N) is 1. The van der Waals surface area contributed by atoms with Gasteiger partial charge in [0.2, 0.25) is 0 Å². The molecule has 1 heterocycles. The molecule has 1 N–H and O–H groups in total. The molecule has 0 radical (unpaired) electrons. The second-order valence-electron chi connectivity index (χ2n) is 4.58. The molecular formula is C14H15BrClN3. The van der Waals surface area contributed by atoms with Gasteiger partial charge in [0.05, 0.1) is 5.02 Å². The second-order valence-corrected chi connectivity index (χ2v) is 5.84. The Bertz CT molecular complexity index is 555. The van der Waals surface area contributed by atoms with Gasteiger partial charge < -0.3 is 5.32 Å². The highest BCUT2D eigenvalue weighted by atomic mass is 79.9. The van der Waals surface area contributed by atoms with E-state index >= 15 is 0 Å². The van der Waals surface area contributed by atoms with Crippen molar-refractivity contribution in [1.82, 2.24) is 15.3 Å². The van der Waals surface area contributed by atoms with Gasteiger partial charge in [0, 0.05) is 40.6 Å². The SMILES string of the molecule is CC(C)NCc1cnc(-c2ccc(Cl)c(Br)c2)nc1. The van der Waals surface area contributed by atoms with Crippen molar-refractivity contribution in [2.45, 2.75) is 26.4 Å². The number of hydrogen-bond donors (Lipinski definition) is 1. The molecule has 19 heavy (non-hydrogen) atoms. The molecule has 0 aliphatic heterocycles. The third kappa shape index (κ3) is 4.00. The summed E-state index contributed by atoms with van der Waals surface area (Å²) >= 11 is 9.37. The van der Waals surface area contributed by atoms with Gasteiger partial charge in [0.25, 0.3) is 0 Å². The largest absolute Gasteiger partial charge is 0.310 e. The van der Waals surface area contributed by atoms with Crippen molar-refractivity contribution in [3.05, 3.63) is 45.7 Å². The van der Waals surface area contributed by atoms with E-state index in [0.717, 1.165) is 22.1 Å². The highest BCUT2D eigenvalue weighted by Crippen LogP contribution is 2.26. The zero-order valence-corrected chi connectivity index (χ0v) is 13.2. The van der Waals surface area contributed by atoms with Crippen molar-refractivity contribution in [2.24, 2.45) is 0 Å². The van der Waals surface area contributed by atoms with Crippen molar-refractivity contribution < 1.29 is 0 Å². The number of hydrogen-bond acceptors (Lipinski definition) is 3. The van der Waals surface area contributed by atoms with E-state index in [1.807, 2.05) is 30.6 Å². The maximum Gasteiger partial charge on any atom is 0.159 e. The van der Waals surface area contributed by atoms with Gasteiger partial charge in [-0.3, -0.25) is 0 Å². The summed E-state index contributed by atoms with van der Waals surface area (Å²) in [6.45, 7) is 5.00. The first-order valence-electron chi connectivity index (χ1n) is 6.06. The Hall–Kier alpha value is -0.970. The molecule has 5 heteroatoms. The normalized spacial score (nSPS) is 11.0. The van der Waals surface area contributed by atoms with Crippen LogP contribution in [-0.2, 0) is 6.54 Å². The summed E-state index contributed by atoms with van der Waals surface area (Å²) in [5, 5.41) is 4.01. The van der Waals surface area contributed by atoms with Crippen LogP contribution in [0.25, 0.3) is 11.4 Å². The highest BCUT2D eigenvalue weighted by Gasteiger charge is 2.04. The van der Waals surface area contributed by atoms with Gasteiger partial charge >= 0.3 is 0 Å². The van der Waals surface area contributed by atoms with Crippen LogP contribution in [0.4, 0.5) is 0 Å². The molecule has 0 amide bonds. The van der Waals surface area contributed by atoms with Gasteiger partial charge in [-0.15, -0.1) is 0 Å². The molecule has 0 bridgehead atoms. The van der Waals surface area contributed by atoms with Crippen molar-refractivity contribution in [1.29, 1.82) is 0 Å². The van der Waals surface area contributed by atoms with Gasteiger partial charge in [0.1, 0.15) is 0 Å². The van der Waals surface area contributed by atoms with Crippen LogP contribution in [0.5, 0.6) is 0 Å². The molecule has 3 nitrogen and oxygen atoms in total. The third-order valence-electron chi connectivity index (χ3n) is 2.60. The second kappa shape index (κ2) is 6.46. The lowest BCUT2D eigenvalue weighted by atomic mass is 10.2. The van der Waals surface area contributed by atoms with Crippen molar-refractivity contribution >= 4 is 27.5 Å². The van der Waals surface area contributed by atoms with E-state index in [4.69, 9.17) is 11.6 Å². The van der Waals surface area contributed by atoms with E-state index in [1.54, 1.807) is 0 Å². The minimum absolute atomic E-state index is 0.451. The monoisotopic (exact) mass is 339 g/mol. The van der Waals surface area contributed by atoms with E-state index in [0.29, 0.717) is 16.9 Å². The average molecular weight is 341 g/mol. The number of benzene rings is 1. The molecule has 0 fully saturated rings. The van der Waals surface area contributed by atoms with Crippen LogP contribution < -0.4 is 5.32 Å². The summed E-state index contributed by atoms with van der Waals surface area (Å²) in [5.74, 6) is 0.700. The molecule has 1 aromatic carbocycles. The van der Waals surface area contributed by atoms with Gasteiger partial charge in [-0.05, 0) is 34.1 Å². The predicted octanol–water partition coefficient (Wildman–Crippen LogP) is 4.06. The van der Waals surface area contributed by atoms with Crippen LogP contribution in [0.3, 0.4) is 0 Å². The van der Waals surface area contributed by atoms with Crippen LogP contribution in [0.2, 0.25) is 5.02 Å². The van der Waals surface area contributed by atoms with E-state index in [1.165, 1.54) is 0 Å². The Morgan fingerprint density at radius 1 is 1.26 bits per heavy atom. The fourth-order valence-electron chi connectivity index (χ4n) is 1.55. The number of halogens is 2. The summed E-state index contributed by atoms with van der Waals surface area (Å²) in [6, 6.07) is 6.11. The molecule has 0 atom stereocenters. The quantitative estimate of drug-likeness (QED) is 0.912. The summed E-state index contributed by atoms with van der Waals surface area (Å²) in [5.41, 5.74) is 2.02. The van der Waals surface area contributed by atoms with Gasteiger partial charge in [-0.2, -0.15) is 0 Å². The Morgan fingerprint density at radius 2 is 1.95 bits per heavy atom. The van der Waals surface area contributed by atoms with E-state index in [-0.39, 0.29) is 0 Å². The number of aromatic nitrogens is 2. The minimum atomic E-state index is 0.451. The summed E-state index contributed by atoms with van der Waals surface area (Å²) in [6.07, 6.45) is 3.69. The van der Waals surface area contributed by atoms with Gasteiger partial charge in [0.15, 0.2) is 5.82 Å². The lowest BCUT2D eigenvalue weighted by Crippen LogP contribution is -2.21. The average Bonchev–Trinajstić information content (AvgIpc) is 2.40. The Morgan fingerprint density at radius 3 is 2.53 bits per heavy atom. The first-order valence-corrected chi connectivity index (χ1v) is 7.23. The smallest absolute Gasteiger partial charge is 0.159 e. The molecular weight excluding hydrogens is 326 g/mol. The molecule has 0 saturated heterocycles. The summed E-state index contributed by atoms with van der Waals surface area (Å²) in [7, 11) is 0. The fourth-order valence-corrected chi connectivity index (χ4v) is 2.05. The van der Waals surface area contributed by atoms with Crippen molar-refractivity contribution in [2.75, 3.05) is 0 Å². The maximum atomic E-state index is 5.97. The molecule has 2 rings (SSSR count).